The van der Waals surface area contributed by atoms with E-state index in [4.69, 9.17) is 5.11 Å². The molecule has 1 nitrogen and oxygen atoms in total. The van der Waals surface area contributed by atoms with Crippen molar-refractivity contribution in [3.63, 3.8) is 0 Å². The monoisotopic (exact) mass is 154 g/mol. The Balaban J connectivity index is 2.78. The molecule has 0 fully saturated rings. The van der Waals surface area contributed by atoms with Crippen molar-refractivity contribution < 1.29 is 9.50 Å². The topological polar surface area (TPSA) is 20.2 Å². The molecule has 2 heteroatoms. The van der Waals surface area contributed by atoms with Gasteiger partial charge >= 0.3 is 0 Å². The quantitative estimate of drug-likeness (QED) is 0.689. The van der Waals surface area contributed by atoms with Gasteiger partial charge in [0.25, 0.3) is 0 Å². The van der Waals surface area contributed by atoms with E-state index in [1.54, 1.807) is 0 Å². The van der Waals surface area contributed by atoms with Gasteiger partial charge in [-0.2, -0.15) is 0 Å². The van der Waals surface area contributed by atoms with Crippen LogP contribution in [0.3, 0.4) is 0 Å². The highest BCUT2D eigenvalue weighted by atomic mass is 19.1. The van der Waals surface area contributed by atoms with Crippen LogP contribution < -0.4 is 0 Å². The van der Waals surface area contributed by atoms with Crippen molar-refractivity contribution in [1.29, 1.82) is 0 Å². The highest BCUT2D eigenvalue weighted by Gasteiger charge is 2.03. The van der Waals surface area contributed by atoms with Gasteiger partial charge in [0.15, 0.2) is 6.36 Å². The molecule has 1 rings (SSSR count). The number of halogens is 1. The molecule has 1 aromatic carbocycles. The number of hydrogen-bond acceptors (Lipinski definition) is 1. The molecule has 0 aliphatic rings. The molecule has 0 amide bonds. The first-order valence-electron chi connectivity index (χ1n) is 3.57. The predicted molar refractivity (Wildman–Crippen MR) is 42.0 cm³/mol. The fraction of sp³-hybridized carbons (Fsp3) is 0.333. The Kier molecular flexibility index (Phi) is 2.60. The second kappa shape index (κ2) is 3.49. The first-order chi connectivity index (χ1) is 5.20. The summed E-state index contributed by atoms with van der Waals surface area (Å²) in [4.78, 5) is 0. The van der Waals surface area contributed by atoms with Crippen LogP contribution in [0.2, 0.25) is 0 Å². The van der Waals surface area contributed by atoms with Crippen LogP contribution in [0.4, 0.5) is 4.39 Å². The molecule has 0 spiro atoms. The first kappa shape index (κ1) is 8.21. The third-order valence-electron chi connectivity index (χ3n) is 1.65. The number of alkyl halides is 1. The first-order valence-corrected chi connectivity index (χ1v) is 3.57. The fourth-order valence-corrected chi connectivity index (χ4v) is 1.02. The summed E-state index contributed by atoms with van der Waals surface area (Å²) in [6.45, 7) is 1.90. The van der Waals surface area contributed by atoms with Gasteiger partial charge in [0.05, 0.1) is 0 Å². The Morgan fingerprint density at radius 3 is 2.64 bits per heavy atom. The predicted octanol–water partition coefficient (Wildman–Crippen LogP) is 1.83. The van der Waals surface area contributed by atoms with Crippen LogP contribution in [-0.4, -0.2) is 11.5 Å². The molecule has 1 atom stereocenters. The normalized spacial score (nSPS) is 13.0. The molecule has 1 N–H and O–H groups in total. The van der Waals surface area contributed by atoms with Crippen molar-refractivity contribution in [2.24, 2.45) is 0 Å². The minimum atomic E-state index is -1.74. The third kappa shape index (κ3) is 2.31. The van der Waals surface area contributed by atoms with Crippen LogP contribution in [0.5, 0.6) is 0 Å². The summed E-state index contributed by atoms with van der Waals surface area (Å²) >= 11 is 0. The minimum absolute atomic E-state index is 0.0900. The van der Waals surface area contributed by atoms with Crippen molar-refractivity contribution in [2.45, 2.75) is 19.7 Å². The maximum Gasteiger partial charge on any atom is 0.200 e. The zero-order chi connectivity index (χ0) is 8.27. The summed E-state index contributed by atoms with van der Waals surface area (Å²) < 4.78 is 12.1. The molecule has 60 valence electrons. The second-order valence-electron chi connectivity index (χ2n) is 2.57. The number of aliphatic hydroxyl groups is 1. The molecule has 0 radical (unpaired) electrons. The Bertz CT molecular complexity index is 233. The van der Waals surface area contributed by atoms with Crippen LogP contribution in [0.25, 0.3) is 0 Å². The summed E-state index contributed by atoms with van der Waals surface area (Å²) in [5.41, 5.74) is 1.88. The van der Waals surface area contributed by atoms with Crippen LogP contribution in [0.1, 0.15) is 11.1 Å². The molecule has 11 heavy (non-hydrogen) atoms. The maximum absolute atomic E-state index is 12.1. The zero-order valence-corrected chi connectivity index (χ0v) is 6.42. The van der Waals surface area contributed by atoms with Gasteiger partial charge in [-0.25, -0.2) is 4.39 Å². The Labute approximate surface area is 65.5 Å². The van der Waals surface area contributed by atoms with Crippen LogP contribution in [0.15, 0.2) is 24.3 Å². The SMILES string of the molecule is Cc1ccccc1CC(O)F. The molecule has 1 aromatic rings. The van der Waals surface area contributed by atoms with Gasteiger partial charge in [0.1, 0.15) is 0 Å². The van der Waals surface area contributed by atoms with Crippen molar-refractivity contribution in [1.82, 2.24) is 0 Å². The molecule has 0 aliphatic carbocycles. The molecule has 0 aliphatic heterocycles. The number of rotatable bonds is 2. The summed E-state index contributed by atoms with van der Waals surface area (Å²) in [6, 6.07) is 7.45. The number of hydrogen-bond donors (Lipinski definition) is 1. The minimum Gasteiger partial charge on any atom is -0.364 e. The van der Waals surface area contributed by atoms with Gasteiger partial charge in [-0.1, -0.05) is 24.3 Å². The lowest BCUT2D eigenvalue weighted by Gasteiger charge is -2.04. The molecular weight excluding hydrogens is 143 g/mol. The largest absolute Gasteiger partial charge is 0.364 e. The summed E-state index contributed by atoms with van der Waals surface area (Å²) in [5, 5.41) is 8.46. The number of benzene rings is 1. The Hall–Kier alpha value is -0.890. The molecule has 0 saturated heterocycles. The van der Waals surface area contributed by atoms with Crippen molar-refractivity contribution in [3.05, 3.63) is 35.4 Å². The molecule has 0 heterocycles. The van der Waals surface area contributed by atoms with E-state index in [-0.39, 0.29) is 6.42 Å². The highest BCUT2D eigenvalue weighted by Crippen LogP contribution is 2.09. The standard InChI is InChI=1S/C9H11FO/c1-7-4-2-3-5-8(7)6-9(10)11/h2-5,9,11H,6H2,1H3. The lowest BCUT2D eigenvalue weighted by molar-refractivity contribution is 0.0428. The maximum atomic E-state index is 12.1. The molecule has 0 saturated carbocycles. The van der Waals surface area contributed by atoms with E-state index in [0.717, 1.165) is 11.1 Å². The zero-order valence-electron chi connectivity index (χ0n) is 6.42. The summed E-state index contributed by atoms with van der Waals surface area (Å²) in [6.07, 6.45) is -1.65. The summed E-state index contributed by atoms with van der Waals surface area (Å²) in [5.74, 6) is 0. The highest BCUT2D eigenvalue weighted by molar-refractivity contribution is 5.25. The average Bonchev–Trinajstić information content (AvgIpc) is 1.93. The smallest absolute Gasteiger partial charge is 0.200 e. The van der Waals surface area contributed by atoms with Gasteiger partial charge < -0.3 is 5.11 Å². The average molecular weight is 154 g/mol. The molecule has 1 unspecified atom stereocenters. The van der Waals surface area contributed by atoms with Gasteiger partial charge in [-0.15, -0.1) is 0 Å². The van der Waals surface area contributed by atoms with E-state index in [1.165, 1.54) is 0 Å². The van der Waals surface area contributed by atoms with E-state index >= 15 is 0 Å². The molecule has 0 aromatic heterocycles. The molecular formula is C9H11FO. The van der Waals surface area contributed by atoms with Crippen LogP contribution >= 0.6 is 0 Å². The van der Waals surface area contributed by atoms with Gasteiger partial charge in [-0.05, 0) is 18.1 Å². The Morgan fingerprint density at radius 2 is 2.09 bits per heavy atom. The van der Waals surface area contributed by atoms with Crippen LogP contribution in [0, 0.1) is 6.92 Å². The van der Waals surface area contributed by atoms with E-state index in [9.17, 15) is 4.39 Å². The Morgan fingerprint density at radius 1 is 1.45 bits per heavy atom. The van der Waals surface area contributed by atoms with E-state index in [2.05, 4.69) is 0 Å². The second-order valence-corrected chi connectivity index (χ2v) is 2.57. The van der Waals surface area contributed by atoms with E-state index in [1.807, 2.05) is 31.2 Å². The van der Waals surface area contributed by atoms with E-state index in [0.29, 0.717) is 0 Å². The van der Waals surface area contributed by atoms with Gasteiger partial charge in [-0.3, -0.25) is 0 Å². The third-order valence-corrected chi connectivity index (χ3v) is 1.65. The van der Waals surface area contributed by atoms with Crippen molar-refractivity contribution in [2.75, 3.05) is 0 Å². The lowest BCUT2D eigenvalue weighted by atomic mass is 10.1. The van der Waals surface area contributed by atoms with Crippen molar-refractivity contribution in [3.8, 4) is 0 Å². The molecule has 0 bridgehead atoms. The summed E-state index contributed by atoms with van der Waals surface area (Å²) in [7, 11) is 0. The fourth-order valence-electron chi connectivity index (χ4n) is 1.02. The lowest BCUT2D eigenvalue weighted by Crippen LogP contribution is -2.03. The number of aryl methyl sites for hydroxylation is 1. The van der Waals surface area contributed by atoms with E-state index < -0.39 is 6.36 Å². The number of aliphatic hydroxyl groups excluding tert-OH is 1. The van der Waals surface area contributed by atoms with Gasteiger partial charge in [0.2, 0.25) is 0 Å². The van der Waals surface area contributed by atoms with Gasteiger partial charge in [0, 0.05) is 6.42 Å². The van der Waals surface area contributed by atoms with Crippen LogP contribution in [-0.2, 0) is 6.42 Å². The van der Waals surface area contributed by atoms with Crippen molar-refractivity contribution >= 4 is 0 Å².